The smallest absolute Gasteiger partial charge is 0.199 e. The average molecular weight is 416 g/mol. The minimum Gasteiger partial charge on any atom is -0.494 e. The number of ether oxygens (including phenoxy) is 1. The van der Waals surface area contributed by atoms with Crippen LogP contribution >= 0.6 is 0 Å². The molecule has 0 fully saturated rings. The lowest BCUT2D eigenvalue weighted by Gasteiger charge is -2.38. The first-order valence-corrected chi connectivity index (χ1v) is 13.4. The second-order valence-electron chi connectivity index (χ2n) is 9.11. The Balaban J connectivity index is 2.16. The number of aryl methyl sites for hydroxylation is 2. The highest BCUT2D eigenvalue weighted by atomic mass is 28.3. The van der Waals surface area contributed by atoms with Crippen LogP contribution in [0.1, 0.15) is 22.3 Å². The Morgan fingerprint density at radius 1 is 0.933 bits per heavy atom. The molecule has 1 aliphatic carbocycles. The van der Waals surface area contributed by atoms with Crippen molar-refractivity contribution in [1.82, 2.24) is 0 Å². The van der Waals surface area contributed by atoms with Gasteiger partial charge < -0.3 is 10.5 Å². The van der Waals surface area contributed by atoms with Gasteiger partial charge in [-0.2, -0.15) is 0 Å². The summed E-state index contributed by atoms with van der Waals surface area (Å²) in [5, 5.41) is 2.94. The fraction of sp³-hybridized carbons (Fsp3) is 0.269. The molecule has 4 heteroatoms. The van der Waals surface area contributed by atoms with Gasteiger partial charge in [0.05, 0.1) is 12.8 Å². The van der Waals surface area contributed by atoms with E-state index in [-0.39, 0.29) is 0 Å². The van der Waals surface area contributed by atoms with E-state index in [9.17, 15) is 0 Å². The van der Waals surface area contributed by atoms with Gasteiger partial charge in [0, 0.05) is 17.7 Å². The summed E-state index contributed by atoms with van der Waals surface area (Å²) >= 11 is 0. The summed E-state index contributed by atoms with van der Waals surface area (Å²) in [4.78, 5) is 0. The molecule has 2 aromatic rings. The lowest BCUT2D eigenvalue weighted by atomic mass is 9.88. The van der Waals surface area contributed by atoms with Crippen LogP contribution < -0.4 is 15.7 Å². The lowest BCUT2D eigenvalue weighted by Crippen LogP contribution is -2.49. The van der Waals surface area contributed by atoms with Gasteiger partial charge in [0.1, 0.15) is 27.9 Å². The third kappa shape index (κ3) is 3.07. The van der Waals surface area contributed by atoms with Crippen molar-refractivity contribution >= 4 is 30.2 Å². The van der Waals surface area contributed by atoms with Crippen LogP contribution in [0.3, 0.4) is 0 Å². The zero-order valence-electron chi connectivity index (χ0n) is 19.1. The van der Waals surface area contributed by atoms with Gasteiger partial charge in [-0.05, 0) is 64.7 Å². The van der Waals surface area contributed by atoms with Crippen molar-refractivity contribution in [2.45, 2.75) is 26.9 Å². The van der Waals surface area contributed by atoms with Crippen LogP contribution in [-0.2, 0) is 0 Å². The van der Waals surface area contributed by atoms with Gasteiger partial charge in [-0.1, -0.05) is 36.9 Å². The second-order valence-corrected chi connectivity index (χ2v) is 13.4. The van der Waals surface area contributed by atoms with Crippen LogP contribution in [0, 0.1) is 13.8 Å². The molecule has 2 N–H and O–H groups in total. The highest BCUT2D eigenvalue weighted by Crippen LogP contribution is 2.45. The Kier molecular flexibility index (Phi) is 4.86. The molecule has 30 heavy (non-hydrogen) atoms. The Labute approximate surface area is 180 Å². The molecule has 4 rings (SSSR count). The SMILES string of the molecule is COc1c(N)cc(C)cc1C1=C2C=CC(=[N+](C)C)C=C2[Si](C)(C)c2cc(C)ccc21. The molecular weight excluding hydrogens is 384 g/mol. The summed E-state index contributed by atoms with van der Waals surface area (Å²) in [5.74, 6) is 0.756. The van der Waals surface area contributed by atoms with Crippen molar-refractivity contribution in [3.63, 3.8) is 0 Å². The van der Waals surface area contributed by atoms with E-state index >= 15 is 0 Å². The van der Waals surface area contributed by atoms with Crippen LogP contribution in [0.2, 0.25) is 13.1 Å². The molecule has 154 valence electrons. The highest BCUT2D eigenvalue weighted by molar-refractivity contribution is 6.98. The number of nitrogens with zero attached hydrogens (tertiary/aromatic N) is 1. The van der Waals surface area contributed by atoms with E-state index in [1.165, 1.54) is 38.4 Å². The van der Waals surface area contributed by atoms with Crippen molar-refractivity contribution in [2.75, 3.05) is 26.9 Å². The third-order valence-electron chi connectivity index (χ3n) is 6.32. The van der Waals surface area contributed by atoms with E-state index < -0.39 is 8.07 Å². The number of rotatable bonds is 2. The van der Waals surface area contributed by atoms with Gasteiger partial charge in [-0.15, -0.1) is 0 Å². The maximum Gasteiger partial charge on any atom is 0.199 e. The normalized spacial score (nSPS) is 16.8. The van der Waals surface area contributed by atoms with Crippen LogP contribution in [0.25, 0.3) is 5.57 Å². The number of methoxy groups -OCH3 is 1. The Morgan fingerprint density at radius 3 is 2.33 bits per heavy atom. The number of benzene rings is 2. The number of anilines is 1. The molecule has 0 spiro atoms. The molecule has 0 atom stereocenters. The number of nitrogen functional groups attached to an aromatic ring is 1. The monoisotopic (exact) mass is 415 g/mol. The summed E-state index contributed by atoms with van der Waals surface area (Å²) in [5.41, 5.74) is 15.7. The Hall–Kier alpha value is -2.85. The first kappa shape index (κ1) is 20.4. The molecule has 2 aromatic carbocycles. The molecule has 0 radical (unpaired) electrons. The largest absolute Gasteiger partial charge is 0.494 e. The van der Waals surface area contributed by atoms with Crippen molar-refractivity contribution < 1.29 is 9.31 Å². The van der Waals surface area contributed by atoms with Crippen LogP contribution in [0.4, 0.5) is 5.69 Å². The van der Waals surface area contributed by atoms with E-state index in [4.69, 9.17) is 10.5 Å². The Bertz CT molecular complexity index is 1190. The number of hydrogen-bond acceptors (Lipinski definition) is 2. The molecule has 0 bridgehead atoms. The molecule has 0 aromatic heterocycles. The van der Waals surface area contributed by atoms with Gasteiger partial charge in [0.25, 0.3) is 0 Å². The summed E-state index contributed by atoms with van der Waals surface area (Å²) in [6, 6.07) is 11.1. The van der Waals surface area contributed by atoms with E-state index in [0.717, 1.165) is 16.9 Å². The number of nitrogens with two attached hydrogens (primary N) is 1. The van der Waals surface area contributed by atoms with E-state index in [0.29, 0.717) is 5.69 Å². The standard InChI is InChI=1S/C26H31N2OSi/c1-16-8-10-19-23(14-16)30(6,7)24-15-18(28(3)4)9-11-20(24)25(19)21-12-17(2)13-22(27)26(21)29-5/h8-15H,27H2,1-7H3/q+1. The van der Waals surface area contributed by atoms with Gasteiger partial charge in [0.2, 0.25) is 0 Å². The predicted octanol–water partition coefficient (Wildman–Crippen LogP) is 4.37. The van der Waals surface area contributed by atoms with Crippen molar-refractivity contribution in [3.8, 4) is 5.75 Å². The average Bonchev–Trinajstić information content (AvgIpc) is 2.68. The molecule has 3 nitrogen and oxygen atoms in total. The van der Waals surface area contributed by atoms with Gasteiger partial charge >= 0.3 is 0 Å². The zero-order chi connectivity index (χ0) is 21.8. The van der Waals surface area contributed by atoms with Crippen LogP contribution in [0.5, 0.6) is 5.75 Å². The summed E-state index contributed by atoms with van der Waals surface area (Å²) in [7, 11) is 4.02. The number of allylic oxidation sites excluding steroid dienone is 5. The summed E-state index contributed by atoms with van der Waals surface area (Å²) < 4.78 is 7.99. The molecule has 0 amide bonds. The second kappa shape index (κ2) is 7.13. The molecule has 0 unspecified atom stereocenters. The molecule has 1 aliphatic heterocycles. The number of hydrogen-bond donors (Lipinski definition) is 1. The lowest BCUT2D eigenvalue weighted by molar-refractivity contribution is -0.462. The molecule has 2 aliphatic rings. The fourth-order valence-corrected chi connectivity index (χ4v) is 7.88. The van der Waals surface area contributed by atoms with Crippen molar-refractivity contribution in [1.29, 1.82) is 0 Å². The van der Waals surface area contributed by atoms with E-state index in [1.54, 1.807) is 7.11 Å². The Morgan fingerprint density at radius 2 is 1.67 bits per heavy atom. The summed E-state index contributed by atoms with van der Waals surface area (Å²) in [6.07, 6.45) is 6.89. The van der Waals surface area contributed by atoms with E-state index in [2.05, 4.69) is 88.1 Å². The molecular formula is C26H31N2OSi+. The van der Waals surface area contributed by atoms with Crippen molar-refractivity contribution in [3.05, 3.63) is 81.6 Å². The first-order chi connectivity index (χ1) is 14.1. The van der Waals surface area contributed by atoms with Gasteiger partial charge in [-0.3, -0.25) is 0 Å². The zero-order valence-corrected chi connectivity index (χ0v) is 20.1. The first-order valence-electron chi connectivity index (χ1n) is 10.4. The molecule has 1 heterocycles. The molecule has 0 saturated heterocycles. The number of fused-ring (bicyclic) bond motifs is 2. The van der Waals surface area contributed by atoms with Gasteiger partial charge in [0.15, 0.2) is 5.71 Å². The third-order valence-corrected chi connectivity index (χ3v) is 9.84. The van der Waals surface area contributed by atoms with E-state index in [1.807, 2.05) is 6.07 Å². The van der Waals surface area contributed by atoms with Crippen molar-refractivity contribution in [2.24, 2.45) is 0 Å². The quantitative estimate of drug-likeness (QED) is 0.449. The van der Waals surface area contributed by atoms with Crippen LogP contribution in [-0.4, -0.2) is 39.6 Å². The maximum atomic E-state index is 6.38. The molecule has 0 saturated carbocycles. The maximum absolute atomic E-state index is 6.38. The minimum atomic E-state index is -1.89. The highest BCUT2D eigenvalue weighted by Gasteiger charge is 2.40. The summed E-state index contributed by atoms with van der Waals surface area (Å²) in [6.45, 7) is 9.19. The van der Waals surface area contributed by atoms with Crippen LogP contribution in [0.15, 0.2) is 59.3 Å². The topological polar surface area (TPSA) is 38.3 Å². The van der Waals surface area contributed by atoms with Gasteiger partial charge in [-0.25, -0.2) is 4.58 Å². The fourth-order valence-electron chi connectivity index (χ4n) is 4.73. The minimum absolute atomic E-state index is 0.683. The predicted molar refractivity (Wildman–Crippen MR) is 131 cm³/mol.